The minimum atomic E-state index is -0.911. The Kier molecular flexibility index (Phi) is 5.01. The number of carbonyl (C=O) groups is 1. The van der Waals surface area contributed by atoms with Crippen LogP contribution in [-0.2, 0) is 4.79 Å². The largest absolute Gasteiger partial charge is 0.478 e. The van der Waals surface area contributed by atoms with Crippen LogP contribution < -0.4 is 5.32 Å². The molecule has 0 bridgehead atoms. The van der Waals surface area contributed by atoms with Gasteiger partial charge in [0.2, 0.25) is 0 Å². The normalized spacial score (nSPS) is 18.8. The van der Waals surface area contributed by atoms with E-state index in [0.717, 1.165) is 21.9 Å². The highest BCUT2D eigenvalue weighted by atomic mass is 35.5. The molecule has 1 heterocycles. The van der Waals surface area contributed by atoms with Crippen LogP contribution in [0.3, 0.4) is 0 Å². The molecule has 0 amide bonds. The zero-order valence-corrected chi connectivity index (χ0v) is 13.8. The third-order valence-electron chi connectivity index (χ3n) is 3.45. The Bertz CT molecular complexity index is 637. The van der Waals surface area contributed by atoms with Crippen LogP contribution in [0, 0.1) is 0 Å². The summed E-state index contributed by atoms with van der Waals surface area (Å²) in [7, 11) is 0. The summed E-state index contributed by atoms with van der Waals surface area (Å²) in [4.78, 5) is 12.8. The smallest absolute Gasteiger partial charge is 0.334 e. The quantitative estimate of drug-likeness (QED) is 0.863. The van der Waals surface area contributed by atoms with Gasteiger partial charge in [-0.1, -0.05) is 36.7 Å². The second-order valence-corrected chi connectivity index (χ2v) is 6.56. The van der Waals surface area contributed by atoms with Crippen molar-refractivity contribution in [2.24, 2.45) is 0 Å². The van der Waals surface area contributed by atoms with Crippen LogP contribution in [0.15, 0.2) is 46.1 Å². The van der Waals surface area contributed by atoms with Gasteiger partial charge in [0.05, 0.1) is 11.5 Å². The molecule has 112 valence electrons. The zero-order chi connectivity index (χ0) is 15.6. The van der Waals surface area contributed by atoms with Crippen molar-refractivity contribution in [3.8, 4) is 0 Å². The number of carboxylic acid groups (broad SMARTS) is 1. The SMILES string of the molecule is CCSC1=C(C)NC(C)=C(C(=O)O)C1c1ccccc1Cl. The lowest BCUT2D eigenvalue weighted by atomic mass is 9.86. The highest BCUT2D eigenvalue weighted by molar-refractivity contribution is 8.03. The Hall–Kier alpha value is -1.39. The molecule has 1 aromatic rings. The van der Waals surface area contributed by atoms with E-state index in [1.54, 1.807) is 24.8 Å². The van der Waals surface area contributed by atoms with Crippen LogP contribution in [0.5, 0.6) is 0 Å². The topological polar surface area (TPSA) is 49.3 Å². The van der Waals surface area contributed by atoms with E-state index in [1.807, 2.05) is 25.1 Å². The number of aliphatic carboxylic acids is 1. The molecule has 1 aliphatic rings. The minimum absolute atomic E-state index is 0.317. The first-order valence-electron chi connectivity index (χ1n) is 6.76. The highest BCUT2D eigenvalue weighted by Gasteiger charge is 2.34. The maximum absolute atomic E-state index is 11.7. The standard InChI is InChI=1S/C16H18ClNO2S/c1-4-21-15-10(3)18-9(2)13(16(19)20)14(15)11-7-5-6-8-12(11)17/h5-8,14,18H,4H2,1-3H3,(H,19,20). The van der Waals surface area contributed by atoms with E-state index >= 15 is 0 Å². The van der Waals surface area contributed by atoms with Crippen molar-refractivity contribution in [2.75, 3.05) is 5.75 Å². The van der Waals surface area contributed by atoms with Gasteiger partial charge in [-0.2, -0.15) is 0 Å². The number of dihydropyridines is 1. The Morgan fingerprint density at radius 3 is 2.57 bits per heavy atom. The van der Waals surface area contributed by atoms with Crippen molar-refractivity contribution in [1.82, 2.24) is 5.32 Å². The number of thioether (sulfide) groups is 1. The van der Waals surface area contributed by atoms with Gasteiger partial charge in [-0.25, -0.2) is 4.79 Å². The first-order valence-corrected chi connectivity index (χ1v) is 8.12. The van der Waals surface area contributed by atoms with E-state index < -0.39 is 5.97 Å². The van der Waals surface area contributed by atoms with Gasteiger partial charge in [0.15, 0.2) is 0 Å². The maximum Gasteiger partial charge on any atom is 0.334 e. The van der Waals surface area contributed by atoms with E-state index in [-0.39, 0.29) is 5.92 Å². The van der Waals surface area contributed by atoms with E-state index in [9.17, 15) is 9.90 Å². The van der Waals surface area contributed by atoms with Crippen molar-refractivity contribution < 1.29 is 9.90 Å². The molecule has 0 radical (unpaired) electrons. The lowest BCUT2D eigenvalue weighted by Gasteiger charge is -2.30. The van der Waals surface area contributed by atoms with Gasteiger partial charge in [-0.3, -0.25) is 0 Å². The molecule has 1 aliphatic heterocycles. The molecule has 0 saturated heterocycles. The molecule has 0 saturated carbocycles. The van der Waals surface area contributed by atoms with Crippen molar-refractivity contribution in [3.63, 3.8) is 0 Å². The minimum Gasteiger partial charge on any atom is -0.478 e. The Labute approximate surface area is 134 Å². The molecule has 0 fully saturated rings. The van der Waals surface area contributed by atoms with Crippen molar-refractivity contribution >= 4 is 29.3 Å². The van der Waals surface area contributed by atoms with Crippen LogP contribution in [0.1, 0.15) is 32.3 Å². The van der Waals surface area contributed by atoms with Gasteiger partial charge in [-0.05, 0) is 31.2 Å². The van der Waals surface area contributed by atoms with Crippen molar-refractivity contribution in [2.45, 2.75) is 26.7 Å². The number of carboxylic acids is 1. The number of nitrogens with one attached hydrogen (secondary N) is 1. The van der Waals surface area contributed by atoms with Gasteiger partial charge in [0, 0.05) is 21.3 Å². The van der Waals surface area contributed by atoms with Crippen LogP contribution in [-0.4, -0.2) is 16.8 Å². The number of rotatable bonds is 4. The first-order chi connectivity index (χ1) is 9.97. The lowest BCUT2D eigenvalue weighted by Crippen LogP contribution is -2.27. The molecule has 1 atom stereocenters. The predicted octanol–water partition coefficient (Wildman–Crippen LogP) is 4.37. The second-order valence-electron chi connectivity index (χ2n) is 4.85. The number of benzene rings is 1. The van der Waals surface area contributed by atoms with Gasteiger partial charge < -0.3 is 10.4 Å². The molecule has 3 nitrogen and oxygen atoms in total. The van der Waals surface area contributed by atoms with Crippen LogP contribution in [0.2, 0.25) is 5.02 Å². The van der Waals surface area contributed by atoms with Crippen molar-refractivity contribution in [1.29, 1.82) is 0 Å². The molecule has 2 N–H and O–H groups in total. The summed E-state index contributed by atoms with van der Waals surface area (Å²) in [6, 6.07) is 7.45. The summed E-state index contributed by atoms with van der Waals surface area (Å²) < 4.78 is 0. The summed E-state index contributed by atoms with van der Waals surface area (Å²) in [6.07, 6.45) is 0. The molecule has 1 unspecified atom stereocenters. The number of hydrogen-bond donors (Lipinski definition) is 2. The summed E-state index contributed by atoms with van der Waals surface area (Å²) in [5.41, 5.74) is 2.87. The summed E-state index contributed by atoms with van der Waals surface area (Å²) in [5.74, 6) is -0.352. The van der Waals surface area contributed by atoms with Gasteiger partial charge in [0.1, 0.15) is 0 Å². The van der Waals surface area contributed by atoms with Crippen LogP contribution >= 0.6 is 23.4 Å². The van der Waals surface area contributed by atoms with Gasteiger partial charge >= 0.3 is 5.97 Å². The lowest BCUT2D eigenvalue weighted by molar-refractivity contribution is -0.133. The van der Waals surface area contributed by atoms with E-state index in [4.69, 9.17) is 11.6 Å². The predicted molar refractivity (Wildman–Crippen MR) is 88.5 cm³/mol. The average molecular weight is 324 g/mol. The second kappa shape index (κ2) is 6.58. The van der Waals surface area contributed by atoms with Gasteiger partial charge in [0.25, 0.3) is 0 Å². The molecular weight excluding hydrogens is 306 g/mol. The third-order valence-corrected chi connectivity index (χ3v) is 4.93. The summed E-state index contributed by atoms with van der Waals surface area (Å²) in [6.45, 7) is 5.83. The molecule has 0 aromatic heterocycles. The van der Waals surface area contributed by atoms with Crippen molar-refractivity contribution in [3.05, 3.63) is 56.7 Å². The highest BCUT2D eigenvalue weighted by Crippen LogP contribution is 2.45. The average Bonchev–Trinajstić information content (AvgIpc) is 2.41. The number of allylic oxidation sites excluding steroid dienone is 3. The summed E-state index contributed by atoms with van der Waals surface area (Å²) >= 11 is 7.98. The number of halogens is 1. The molecule has 1 aromatic carbocycles. The zero-order valence-electron chi connectivity index (χ0n) is 12.2. The fraction of sp³-hybridized carbons (Fsp3) is 0.312. The summed E-state index contributed by atoms with van der Waals surface area (Å²) in [5, 5.41) is 13.4. The monoisotopic (exact) mass is 323 g/mol. The maximum atomic E-state index is 11.7. The molecule has 5 heteroatoms. The van der Waals surface area contributed by atoms with Crippen LogP contribution in [0.4, 0.5) is 0 Å². The molecule has 21 heavy (non-hydrogen) atoms. The van der Waals surface area contributed by atoms with Gasteiger partial charge in [-0.15, -0.1) is 11.8 Å². The third kappa shape index (κ3) is 3.11. The van der Waals surface area contributed by atoms with E-state index in [2.05, 4.69) is 12.2 Å². The van der Waals surface area contributed by atoms with Crippen LogP contribution in [0.25, 0.3) is 0 Å². The number of hydrogen-bond acceptors (Lipinski definition) is 3. The molecular formula is C16H18ClNO2S. The Morgan fingerprint density at radius 1 is 1.33 bits per heavy atom. The molecule has 0 aliphatic carbocycles. The first kappa shape index (κ1) is 16.0. The Balaban J connectivity index is 2.65. The van der Waals surface area contributed by atoms with E-state index in [0.29, 0.717) is 16.3 Å². The fourth-order valence-corrected chi connectivity index (χ4v) is 3.85. The molecule has 2 rings (SSSR count). The Morgan fingerprint density at radius 2 is 2.00 bits per heavy atom. The fourth-order valence-electron chi connectivity index (χ4n) is 2.61. The van der Waals surface area contributed by atoms with E-state index in [1.165, 1.54) is 0 Å². The molecule has 0 spiro atoms.